The van der Waals surface area contributed by atoms with Crippen LogP contribution < -0.4 is 10.6 Å². The Labute approximate surface area is 122 Å². The third kappa shape index (κ3) is 2.91. The van der Waals surface area contributed by atoms with Crippen molar-refractivity contribution in [3.8, 4) is 0 Å². The molecule has 1 atom stereocenters. The lowest BCUT2D eigenvalue weighted by molar-refractivity contribution is -0.122. The van der Waals surface area contributed by atoms with Gasteiger partial charge in [-0.2, -0.15) is 0 Å². The van der Waals surface area contributed by atoms with Gasteiger partial charge in [-0.25, -0.2) is 0 Å². The van der Waals surface area contributed by atoms with Crippen LogP contribution in [-0.4, -0.2) is 24.4 Å². The molecule has 1 aromatic carbocycles. The molecule has 5 heteroatoms. The smallest absolute Gasteiger partial charge is 0.251 e. The standard InChI is InChI=1S/C16H18N2O3/c1-10-8-12-9-11(5-6-14(12)21-10)15(19)18-13-4-2-3-7-17-16(13)20/h5-6,8-9,13H,2-4,7H2,1H3,(H,17,20)(H,18,19)/t13-/m0/s1. The zero-order valence-electron chi connectivity index (χ0n) is 11.9. The molecule has 2 amide bonds. The Balaban J connectivity index is 1.77. The summed E-state index contributed by atoms with van der Waals surface area (Å²) >= 11 is 0. The second-order valence-electron chi connectivity index (χ2n) is 5.42. The van der Waals surface area contributed by atoms with Crippen LogP contribution in [0.1, 0.15) is 35.4 Å². The average Bonchev–Trinajstić information content (AvgIpc) is 2.72. The molecule has 2 heterocycles. The second kappa shape index (κ2) is 5.60. The number of rotatable bonds is 2. The number of hydrogen-bond acceptors (Lipinski definition) is 3. The molecule has 110 valence electrons. The first-order valence-electron chi connectivity index (χ1n) is 7.22. The first-order chi connectivity index (χ1) is 10.1. The fourth-order valence-electron chi connectivity index (χ4n) is 2.64. The lowest BCUT2D eigenvalue weighted by Gasteiger charge is -2.15. The maximum atomic E-state index is 12.3. The molecular weight excluding hydrogens is 268 g/mol. The number of hydrogen-bond donors (Lipinski definition) is 2. The molecule has 0 spiro atoms. The summed E-state index contributed by atoms with van der Waals surface area (Å²) in [6.07, 6.45) is 2.58. The summed E-state index contributed by atoms with van der Waals surface area (Å²) in [5, 5.41) is 6.52. The number of carbonyl (C=O) groups excluding carboxylic acids is 2. The van der Waals surface area contributed by atoms with Gasteiger partial charge in [0.15, 0.2) is 0 Å². The van der Waals surface area contributed by atoms with E-state index in [1.807, 2.05) is 13.0 Å². The quantitative estimate of drug-likeness (QED) is 0.888. The van der Waals surface area contributed by atoms with Crippen LogP contribution in [0.25, 0.3) is 11.0 Å². The first-order valence-corrected chi connectivity index (χ1v) is 7.22. The molecule has 5 nitrogen and oxygen atoms in total. The number of benzene rings is 1. The van der Waals surface area contributed by atoms with Gasteiger partial charge in [-0.3, -0.25) is 9.59 Å². The molecule has 0 unspecified atom stereocenters. The fraction of sp³-hybridized carbons (Fsp3) is 0.375. The van der Waals surface area contributed by atoms with Crippen LogP contribution in [0.15, 0.2) is 28.7 Å². The van der Waals surface area contributed by atoms with Crippen LogP contribution in [0.2, 0.25) is 0 Å². The monoisotopic (exact) mass is 286 g/mol. The number of aryl methyl sites for hydroxylation is 1. The fourth-order valence-corrected chi connectivity index (χ4v) is 2.64. The Morgan fingerprint density at radius 1 is 1.33 bits per heavy atom. The highest BCUT2D eigenvalue weighted by Crippen LogP contribution is 2.20. The molecular formula is C16H18N2O3. The molecule has 1 aliphatic rings. The molecule has 1 aliphatic heterocycles. The summed E-state index contributed by atoms with van der Waals surface area (Å²) < 4.78 is 5.49. The van der Waals surface area contributed by atoms with E-state index >= 15 is 0 Å². The van der Waals surface area contributed by atoms with E-state index < -0.39 is 6.04 Å². The van der Waals surface area contributed by atoms with Crippen molar-refractivity contribution < 1.29 is 14.0 Å². The van der Waals surface area contributed by atoms with E-state index in [9.17, 15) is 9.59 Å². The molecule has 1 aromatic heterocycles. The van der Waals surface area contributed by atoms with E-state index in [0.29, 0.717) is 18.5 Å². The van der Waals surface area contributed by atoms with Crippen LogP contribution in [0.3, 0.4) is 0 Å². The van der Waals surface area contributed by atoms with Crippen LogP contribution in [-0.2, 0) is 4.79 Å². The third-order valence-electron chi connectivity index (χ3n) is 3.74. The Bertz CT molecular complexity index is 690. The number of carbonyl (C=O) groups is 2. The minimum Gasteiger partial charge on any atom is -0.461 e. The minimum atomic E-state index is -0.443. The highest BCUT2D eigenvalue weighted by Gasteiger charge is 2.23. The molecule has 1 saturated heterocycles. The normalized spacial score (nSPS) is 19.1. The summed E-state index contributed by atoms with van der Waals surface area (Å²) in [6.45, 7) is 2.56. The van der Waals surface area contributed by atoms with Crippen molar-refractivity contribution in [2.75, 3.05) is 6.54 Å². The van der Waals surface area contributed by atoms with Crippen molar-refractivity contribution in [1.29, 1.82) is 0 Å². The van der Waals surface area contributed by atoms with E-state index in [0.717, 1.165) is 29.6 Å². The predicted octanol–water partition coefficient (Wildman–Crippen LogP) is 2.14. The van der Waals surface area contributed by atoms with Crippen LogP contribution in [0, 0.1) is 6.92 Å². The Morgan fingerprint density at radius 3 is 3.05 bits per heavy atom. The van der Waals surface area contributed by atoms with Gasteiger partial charge >= 0.3 is 0 Å². The number of fused-ring (bicyclic) bond motifs is 1. The van der Waals surface area contributed by atoms with Gasteiger partial charge < -0.3 is 15.1 Å². The van der Waals surface area contributed by atoms with E-state index in [2.05, 4.69) is 10.6 Å². The van der Waals surface area contributed by atoms with Gasteiger partial charge in [-0.15, -0.1) is 0 Å². The number of nitrogens with one attached hydrogen (secondary N) is 2. The van der Waals surface area contributed by atoms with Gasteiger partial charge in [0.05, 0.1) is 0 Å². The minimum absolute atomic E-state index is 0.0962. The predicted molar refractivity (Wildman–Crippen MR) is 79.1 cm³/mol. The van der Waals surface area contributed by atoms with Gasteiger partial charge in [0, 0.05) is 17.5 Å². The number of amides is 2. The van der Waals surface area contributed by atoms with Crippen LogP contribution >= 0.6 is 0 Å². The molecule has 21 heavy (non-hydrogen) atoms. The van der Waals surface area contributed by atoms with Crippen molar-refractivity contribution in [3.05, 3.63) is 35.6 Å². The van der Waals surface area contributed by atoms with E-state index in [1.165, 1.54) is 0 Å². The topological polar surface area (TPSA) is 71.3 Å². The Morgan fingerprint density at radius 2 is 2.19 bits per heavy atom. The second-order valence-corrected chi connectivity index (χ2v) is 5.42. The summed E-state index contributed by atoms with van der Waals surface area (Å²) in [7, 11) is 0. The molecule has 0 radical (unpaired) electrons. The zero-order valence-corrected chi connectivity index (χ0v) is 11.9. The summed E-state index contributed by atoms with van der Waals surface area (Å²) in [5.41, 5.74) is 1.30. The zero-order chi connectivity index (χ0) is 14.8. The van der Waals surface area contributed by atoms with Crippen molar-refractivity contribution in [3.63, 3.8) is 0 Å². The lowest BCUT2D eigenvalue weighted by atomic mass is 10.1. The Kier molecular flexibility index (Phi) is 3.64. The van der Waals surface area contributed by atoms with Gasteiger partial charge in [0.1, 0.15) is 17.4 Å². The van der Waals surface area contributed by atoms with Gasteiger partial charge in [-0.05, 0) is 50.5 Å². The average molecular weight is 286 g/mol. The molecule has 2 N–H and O–H groups in total. The summed E-state index contributed by atoms with van der Waals surface area (Å²) in [4.78, 5) is 24.2. The molecule has 3 rings (SSSR count). The van der Waals surface area contributed by atoms with E-state index in [-0.39, 0.29) is 11.8 Å². The maximum Gasteiger partial charge on any atom is 0.251 e. The van der Waals surface area contributed by atoms with E-state index in [4.69, 9.17) is 4.42 Å². The maximum absolute atomic E-state index is 12.3. The summed E-state index contributed by atoms with van der Waals surface area (Å²) in [5.74, 6) is 0.490. The van der Waals surface area contributed by atoms with Crippen LogP contribution in [0.5, 0.6) is 0 Å². The largest absolute Gasteiger partial charge is 0.461 e. The van der Waals surface area contributed by atoms with Gasteiger partial charge in [0.25, 0.3) is 5.91 Å². The van der Waals surface area contributed by atoms with E-state index in [1.54, 1.807) is 18.2 Å². The molecule has 0 aliphatic carbocycles. The van der Waals surface area contributed by atoms with Crippen molar-refractivity contribution >= 4 is 22.8 Å². The number of furan rings is 1. The van der Waals surface area contributed by atoms with Gasteiger partial charge in [0.2, 0.25) is 5.91 Å². The highest BCUT2D eigenvalue weighted by molar-refractivity contribution is 6.00. The Hall–Kier alpha value is -2.30. The van der Waals surface area contributed by atoms with Crippen LogP contribution in [0.4, 0.5) is 0 Å². The lowest BCUT2D eigenvalue weighted by Crippen LogP contribution is -2.45. The first kappa shape index (κ1) is 13.7. The SMILES string of the molecule is Cc1cc2cc(C(=O)N[C@H]3CCCCNC3=O)ccc2o1. The molecule has 1 fully saturated rings. The third-order valence-corrected chi connectivity index (χ3v) is 3.74. The van der Waals surface area contributed by atoms with Crippen molar-refractivity contribution in [2.24, 2.45) is 0 Å². The van der Waals surface area contributed by atoms with Crippen molar-refractivity contribution in [1.82, 2.24) is 10.6 Å². The molecule has 2 aromatic rings. The van der Waals surface area contributed by atoms with Gasteiger partial charge in [-0.1, -0.05) is 0 Å². The highest BCUT2D eigenvalue weighted by atomic mass is 16.3. The summed E-state index contributed by atoms with van der Waals surface area (Å²) in [6, 6.07) is 6.74. The van der Waals surface area contributed by atoms with Crippen molar-refractivity contribution in [2.45, 2.75) is 32.2 Å². The molecule has 0 bridgehead atoms. The molecule has 0 saturated carbocycles.